The van der Waals surface area contributed by atoms with Gasteiger partial charge in [-0.3, -0.25) is 4.79 Å². The zero-order valence-electron chi connectivity index (χ0n) is 9.95. The van der Waals surface area contributed by atoms with Crippen LogP contribution in [0.5, 0.6) is 0 Å². The van der Waals surface area contributed by atoms with Crippen LogP contribution in [-0.4, -0.2) is 22.6 Å². The molecule has 0 amide bonds. The Morgan fingerprint density at radius 3 is 2.55 bits per heavy atom. The van der Waals surface area contributed by atoms with Crippen LogP contribution in [0.25, 0.3) is 10.9 Å². The number of fused-ring (bicyclic) bond motifs is 1. The molecule has 1 aromatic carbocycles. The molecule has 0 bridgehead atoms. The van der Waals surface area contributed by atoms with Crippen molar-refractivity contribution < 1.29 is 8.42 Å². The molecule has 1 N–H and O–H groups in total. The molecule has 8 heteroatoms. The van der Waals surface area contributed by atoms with Crippen molar-refractivity contribution in [3.8, 4) is 0 Å². The number of aromatic amines is 1. The number of hydrogen-bond donors (Lipinski definition) is 1. The van der Waals surface area contributed by atoms with E-state index in [9.17, 15) is 13.2 Å². The lowest BCUT2D eigenvalue weighted by molar-refractivity contribution is 0.589. The van der Waals surface area contributed by atoms with Crippen LogP contribution in [-0.2, 0) is 10.0 Å². The lowest BCUT2D eigenvalue weighted by Gasteiger charge is -2.07. The van der Waals surface area contributed by atoms with E-state index < -0.39 is 15.6 Å². The van der Waals surface area contributed by atoms with Crippen molar-refractivity contribution in [3.05, 3.63) is 58.1 Å². The van der Waals surface area contributed by atoms with Gasteiger partial charge in [-0.25, -0.2) is 17.5 Å². The van der Waals surface area contributed by atoms with Crippen LogP contribution in [0, 0.1) is 0 Å². The normalized spacial score (nSPS) is 11.8. The predicted molar refractivity (Wildman–Crippen MR) is 74.4 cm³/mol. The van der Waals surface area contributed by atoms with E-state index in [1.165, 1.54) is 24.4 Å². The first kappa shape index (κ1) is 12.9. The minimum absolute atomic E-state index is 0.0688. The Morgan fingerprint density at radius 2 is 1.85 bits per heavy atom. The second-order valence-electron chi connectivity index (χ2n) is 4.04. The first-order valence-electron chi connectivity index (χ1n) is 5.57. The van der Waals surface area contributed by atoms with Crippen molar-refractivity contribution in [1.29, 1.82) is 0 Å². The summed E-state index contributed by atoms with van der Waals surface area (Å²) in [4.78, 5) is 11.7. The van der Waals surface area contributed by atoms with Gasteiger partial charge in [-0.15, -0.1) is 0 Å². The average molecular weight is 310 g/mol. The Bertz CT molecular complexity index is 945. The monoisotopic (exact) mass is 309 g/mol. The van der Waals surface area contributed by atoms with Gasteiger partial charge in [0.15, 0.2) is 5.15 Å². The average Bonchev–Trinajstić information content (AvgIpc) is 2.91. The Kier molecular flexibility index (Phi) is 2.88. The van der Waals surface area contributed by atoms with Crippen molar-refractivity contribution >= 4 is 32.5 Å². The number of halogens is 1. The van der Waals surface area contributed by atoms with E-state index in [-0.39, 0.29) is 21.0 Å². The highest BCUT2D eigenvalue weighted by Crippen LogP contribution is 2.24. The molecule has 3 rings (SSSR count). The Labute approximate surface area is 118 Å². The SMILES string of the molecule is O=c1[nH]nc(Cl)c2c1ccn2S(=O)(=O)c1ccccc1. The summed E-state index contributed by atoms with van der Waals surface area (Å²) >= 11 is 5.90. The Hall–Kier alpha value is -2.12. The van der Waals surface area contributed by atoms with Gasteiger partial charge in [0, 0.05) is 6.20 Å². The molecule has 0 atom stereocenters. The summed E-state index contributed by atoms with van der Waals surface area (Å²) in [6, 6.07) is 9.27. The van der Waals surface area contributed by atoms with Gasteiger partial charge in [0.05, 0.1) is 10.3 Å². The van der Waals surface area contributed by atoms with Crippen LogP contribution in [0.1, 0.15) is 0 Å². The highest BCUT2D eigenvalue weighted by molar-refractivity contribution is 7.90. The molecule has 0 saturated carbocycles. The lowest BCUT2D eigenvalue weighted by atomic mass is 10.4. The molecule has 0 aliphatic carbocycles. The smallest absolute Gasteiger partial charge is 0.267 e. The maximum absolute atomic E-state index is 12.5. The van der Waals surface area contributed by atoms with Crippen LogP contribution in [0.4, 0.5) is 0 Å². The largest absolute Gasteiger partial charge is 0.273 e. The fourth-order valence-electron chi connectivity index (χ4n) is 1.92. The zero-order chi connectivity index (χ0) is 14.3. The van der Waals surface area contributed by atoms with Gasteiger partial charge in [0.25, 0.3) is 15.6 Å². The van der Waals surface area contributed by atoms with E-state index in [0.29, 0.717) is 0 Å². The number of benzene rings is 1. The minimum atomic E-state index is -3.82. The summed E-state index contributed by atoms with van der Waals surface area (Å²) in [5, 5.41) is 5.88. The van der Waals surface area contributed by atoms with Gasteiger partial charge < -0.3 is 0 Å². The van der Waals surface area contributed by atoms with Crippen molar-refractivity contribution in [1.82, 2.24) is 14.2 Å². The molecule has 0 spiro atoms. The number of aromatic nitrogens is 3. The highest BCUT2D eigenvalue weighted by Gasteiger charge is 2.21. The van der Waals surface area contributed by atoms with E-state index in [1.54, 1.807) is 18.2 Å². The standard InChI is InChI=1S/C12H8ClN3O3S/c13-11-10-9(12(17)15-14-11)6-7-16(10)20(18,19)8-4-2-1-3-5-8/h1-7H,(H,15,17). The molecule has 2 heterocycles. The van der Waals surface area contributed by atoms with Crippen LogP contribution < -0.4 is 5.56 Å². The van der Waals surface area contributed by atoms with Gasteiger partial charge in [-0.05, 0) is 18.2 Å². The van der Waals surface area contributed by atoms with Gasteiger partial charge in [0.2, 0.25) is 0 Å². The Morgan fingerprint density at radius 1 is 1.15 bits per heavy atom. The second kappa shape index (κ2) is 4.46. The van der Waals surface area contributed by atoms with Crippen LogP contribution in [0.2, 0.25) is 5.15 Å². The number of hydrogen-bond acceptors (Lipinski definition) is 4. The van der Waals surface area contributed by atoms with Gasteiger partial charge >= 0.3 is 0 Å². The first-order valence-corrected chi connectivity index (χ1v) is 7.39. The molecular formula is C12H8ClN3O3S. The third kappa shape index (κ3) is 1.83. The van der Waals surface area contributed by atoms with E-state index in [0.717, 1.165) is 3.97 Å². The number of nitrogens with one attached hydrogen (secondary N) is 1. The van der Waals surface area contributed by atoms with E-state index in [4.69, 9.17) is 11.6 Å². The Balaban J connectivity index is 2.37. The van der Waals surface area contributed by atoms with Crippen LogP contribution in [0.15, 0.2) is 52.3 Å². The third-order valence-corrected chi connectivity index (χ3v) is 4.80. The van der Waals surface area contributed by atoms with E-state index >= 15 is 0 Å². The first-order chi connectivity index (χ1) is 9.51. The molecular weight excluding hydrogens is 302 g/mol. The molecule has 0 unspecified atom stereocenters. The summed E-state index contributed by atoms with van der Waals surface area (Å²) < 4.78 is 26.0. The van der Waals surface area contributed by atoms with E-state index in [1.807, 2.05) is 0 Å². The van der Waals surface area contributed by atoms with Gasteiger partial charge in [-0.1, -0.05) is 29.8 Å². The topological polar surface area (TPSA) is 84.8 Å². The maximum Gasteiger partial charge on any atom is 0.273 e. The fraction of sp³-hybridized carbons (Fsp3) is 0. The predicted octanol–water partition coefficient (Wildman–Crippen LogP) is 1.61. The molecule has 20 heavy (non-hydrogen) atoms. The number of H-pyrrole nitrogens is 1. The summed E-state index contributed by atoms with van der Waals surface area (Å²) in [7, 11) is -3.82. The van der Waals surface area contributed by atoms with Crippen molar-refractivity contribution in [2.45, 2.75) is 4.90 Å². The quantitative estimate of drug-likeness (QED) is 0.779. The molecule has 0 saturated heterocycles. The molecule has 0 aliphatic rings. The lowest BCUT2D eigenvalue weighted by Crippen LogP contribution is -2.14. The summed E-state index contributed by atoms with van der Waals surface area (Å²) in [5.74, 6) is 0. The summed E-state index contributed by atoms with van der Waals surface area (Å²) in [6.07, 6.45) is 1.29. The third-order valence-electron chi connectivity index (χ3n) is 2.85. The summed E-state index contributed by atoms with van der Waals surface area (Å²) in [5.41, 5.74) is -0.425. The summed E-state index contributed by atoms with van der Waals surface area (Å²) in [6.45, 7) is 0. The van der Waals surface area contributed by atoms with Crippen molar-refractivity contribution in [2.75, 3.05) is 0 Å². The molecule has 2 aromatic heterocycles. The van der Waals surface area contributed by atoms with Crippen molar-refractivity contribution in [3.63, 3.8) is 0 Å². The second-order valence-corrected chi connectivity index (χ2v) is 6.21. The molecule has 102 valence electrons. The van der Waals surface area contributed by atoms with Crippen molar-refractivity contribution in [2.24, 2.45) is 0 Å². The number of rotatable bonds is 2. The zero-order valence-corrected chi connectivity index (χ0v) is 11.5. The van der Waals surface area contributed by atoms with Crippen LogP contribution in [0.3, 0.4) is 0 Å². The van der Waals surface area contributed by atoms with Crippen LogP contribution >= 0.6 is 11.6 Å². The van der Waals surface area contributed by atoms with Gasteiger partial charge in [-0.2, -0.15) is 5.10 Å². The number of nitrogens with zero attached hydrogens (tertiary/aromatic N) is 2. The molecule has 3 aromatic rings. The fourth-order valence-corrected chi connectivity index (χ4v) is 3.58. The molecule has 0 radical (unpaired) electrons. The van der Waals surface area contributed by atoms with E-state index in [2.05, 4.69) is 10.2 Å². The minimum Gasteiger partial charge on any atom is -0.267 e. The highest BCUT2D eigenvalue weighted by atomic mass is 35.5. The molecule has 0 aliphatic heterocycles. The maximum atomic E-state index is 12.5. The molecule has 6 nitrogen and oxygen atoms in total. The van der Waals surface area contributed by atoms with Gasteiger partial charge in [0.1, 0.15) is 5.52 Å². The molecule has 0 fully saturated rings.